The molecule has 1 heterocycles. The molecule has 3 rings (SSSR count). The summed E-state index contributed by atoms with van der Waals surface area (Å²) in [6, 6.07) is 20.6. The second-order valence-corrected chi connectivity index (χ2v) is 12.3. The summed E-state index contributed by atoms with van der Waals surface area (Å²) in [7, 11) is 0. The molecule has 0 saturated carbocycles. The van der Waals surface area contributed by atoms with E-state index in [-0.39, 0.29) is 4.92 Å². The molecule has 1 aliphatic heterocycles. The Bertz CT molecular complexity index is 925. The molecule has 2 aromatic carbocycles. The molecule has 0 atom stereocenters. The molecule has 0 spiro atoms. The van der Waals surface area contributed by atoms with Gasteiger partial charge in [0.15, 0.2) is 0 Å². The first-order valence-electron chi connectivity index (χ1n) is 16.5. The van der Waals surface area contributed by atoms with Gasteiger partial charge in [-0.15, -0.1) is 0 Å². The predicted molar refractivity (Wildman–Crippen MR) is 172 cm³/mol. The average molecular weight is 562 g/mol. The van der Waals surface area contributed by atoms with E-state index in [0.29, 0.717) is 32.6 Å². The molecule has 5 heteroatoms. The zero-order valence-corrected chi connectivity index (χ0v) is 25.7. The van der Waals surface area contributed by atoms with E-state index in [2.05, 4.69) is 53.4 Å². The molecule has 2 aromatic rings. The quantitative estimate of drug-likeness (QED) is 0.0864. The van der Waals surface area contributed by atoms with Gasteiger partial charge in [0.05, 0.1) is 13.1 Å². The van der Waals surface area contributed by atoms with Crippen LogP contribution >= 0.6 is 0 Å². The van der Waals surface area contributed by atoms with Gasteiger partial charge in [0.1, 0.15) is 0 Å². The monoisotopic (exact) mass is 561 g/mol. The van der Waals surface area contributed by atoms with Crippen molar-refractivity contribution >= 4 is 0 Å². The van der Waals surface area contributed by atoms with E-state index in [1.54, 1.807) is 0 Å². The first kappa shape index (κ1) is 32.7. The van der Waals surface area contributed by atoms with Gasteiger partial charge in [0.25, 0.3) is 5.54 Å². The van der Waals surface area contributed by atoms with Crippen molar-refractivity contribution < 1.29 is 4.92 Å². The number of nitro groups is 1. The lowest BCUT2D eigenvalue weighted by Crippen LogP contribution is -2.52. The van der Waals surface area contributed by atoms with Crippen molar-refractivity contribution in [2.75, 3.05) is 13.1 Å². The van der Waals surface area contributed by atoms with Crippen LogP contribution in [0.25, 0.3) is 0 Å². The first-order valence-corrected chi connectivity index (χ1v) is 16.5. The molecule has 5 nitrogen and oxygen atoms in total. The summed E-state index contributed by atoms with van der Waals surface area (Å²) in [5, 5.41) is 12.7. The highest BCUT2D eigenvalue weighted by molar-refractivity contribution is 5.17. The third-order valence-corrected chi connectivity index (χ3v) is 8.57. The second-order valence-electron chi connectivity index (χ2n) is 12.3. The third kappa shape index (κ3) is 12.7. The van der Waals surface area contributed by atoms with Crippen molar-refractivity contribution in [3.05, 3.63) is 94.3 Å². The van der Waals surface area contributed by atoms with Crippen LogP contribution in [0.1, 0.15) is 121 Å². The van der Waals surface area contributed by atoms with Crippen LogP contribution in [-0.2, 0) is 13.1 Å². The maximum Gasteiger partial charge on any atom is 0.256 e. The van der Waals surface area contributed by atoms with E-state index in [4.69, 9.17) is 0 Å². The largest absolute Gasteiger partial charge is 0.365 e. The van der Waals surface area contributed by atoms with Crippen molar-refractivity contribution in [1.29, 1.82) is 0 Å². The normalized spacial score (nSPS) is 14.8. The van der Waals surface area contributed by atoms with E-state index < -0.39 is 5.54 Å². The number of hydrogen-bond acceptors (Lipinski definition) is 4. The molecule has 0 fully saturated rings. The molecule has 0 aliphatic carbocycles. The Kier molecular flexibility index (Phi) is 15.4. The summed E-state index contributed by atoms with van der Waals surface area (Å²) in [6.45, 7) is 4.53. The lowest BCUT2D eigenvalue weighted by molar-refractivity contribution is -0.571. The van der Waals surface area contributed by atoms with E-state index in [1.807, 2.05) is 36.4 Å². The van der Waals surface area contributed by atoms with Gasteiger partial charge in [-0.2, -0.15) is 0 Å². The highest BCUT2D eigenvalue weighted by Crippen LogP contribution is 2.28. The topological polar surface area (TPSA) is 49.6 Å². The maximum atomic E-state index is 12.7. The minimum absolute atomic E-state index is 0.0276. The van der Waals surface area contributed by atoms with Crippen LogP contribution < -0.4 is 0 Å². The number of unbranched alkanes of at least 4 members (excludes halogenated alkanes) is 14. The number of nitrogens with zero attached hydrogens (tertiary/aromatic N) is 3. The van der Waals surface area contributed by atoms with Gasteiger partial charge in [-0.1, -0.05) is 157 Å². The zero-order chi connectivity index (χ0) is 29.0. The molecule has 0 aromatic heterocycles. The Hall–Kier alpha value is -2.82. The van der Waals surface area contributed by atoms with Crippen molar-refractivity contribution in [3.63, 3.8) is 0 Å². The molecule has 0 N–H and O–H groups in total. The lowest BCUT2D eigenvalue weighted by atomic mass is 9.90. The van der Waals surface area contributed by atoms with E-state index in [1.165, 1.54) is 94.6 Å². The number of benzene rings is 2. The van der Waals surface area contributed by atoms with Crippen molar-refractivity contribution in [3.8, 4) is 0 Å². The molecule has 0 amide bonds. The fourth-order valence-electron chi connectivity index (χ4n) is 6.14. The van der Waals surface area contributed by atoms with Gasteiger partial charge in [-0.3, -0.25) is 10.1 Å². The van der Waals surface area contributed by atoms with Crippen molar-refractivity contribution in [1.82, 2.24) is 9.80 Å². The maximum absolute atomic E-state index is 12.7. The van der Waals surface area contributed by atoms with Crippen LogP contribution in [0, 0.1) is 10.1 Å². The third-order valence-electron chi connectivity index (χ3n) is 8.57. The highest BCUT2D eigenvalue weighted by Gasteiger charge is 2.46. The fraction of sp³-hybridized carbons (Fsp3) is 0.611. The number of rotatable bonds is 21. The minimum Gasteiger partial charge on any atom is -0.365 e. The summed E-state index contributed by atoms with van der Waals surface area (Å²) in [4.78, 5) is 17.1. The van der Waals surface area contributed by atoms with Gasteiger partial charge in [0.2, 0.25) is 0 Å². The minimum atomic E-state index is -0.983. The Morgan fingerprint density at radius 3 is 1.34 bits per heavy atom. The standard InChI is InChI=1S/C36H55N3O2/c1-2-3-4-5-6-7-8-9-10-11-12-13-14-15-22-27-36(39(40)41)32-37(30-34-23-18-16-19-24-34)28-29-38(33-36)31-35-25-20-17-21-26-35/h16-21,23-26,28-29H,2-15,22,27,30-33H2,1H3. The van der Waals surface area contributed by atoms with Crippen LogP contribution in [0.2, 0.25) is 0 Å². The summed E-state index contributed by atoms with van der Waals surface area (Å²) in [6.07, 6.45) is 24.3. The lowest BCUT2D eigenvalue weighted by Gasteiger charge is -2.32. The molecular formula is C36H55N3O2. The van der Waals surface area contributed by atoms with E-state index >= 15 is 0 Å². The Morgan fingerprint density at radius 1 is 0.610 bits per heavy atom. The zero-order valence-electron chi connectivity index (χ0n) is 25.7. The molecule has 0 saturated heterocycles. The summed E-state index contributed by atoms with van der Waals surface area (Å²) >= 11 is 0. The van der Waals surface area contributed by atoms with E-state index in [9.17, 15) is 10.1 Å². The van der Waals surface area contributed by atoms with Gasteiger partial charge in [0, 0.05) is 36.8 Å². The highest BCUT2D eigenvalue weighted by atomic mass is 16.6. The molecule has 0 unspecified atom stereocenters. The van der Waals surface area contributed by atoms with Crippen LogP contribution in [-0.4, -0.2) is 33.4 Å². The average Bonchev–Trinajstić information content (AvgIpc) is 3.16. The van der Waals surface area contributed by atoms with Gasteiger partial charge >= 0.3 is 0 Å². The van der Waals surface area contributed by atoms with Crippen LogP contribution in [0.15, 0.2) is 73.1 Å². The Labute approximate surface area is 250 Å². The summed E-state index contributed by atoms with van der Waals surface area (Å²) in [5.74, 6) is 0. The van der Waals surface area contributed by atoms with E-state index in [0.717, 1.165) is 12.8 Å². The molecule has 1 aliphatic rings. The Balaban J connectivity index is 1.44. The van der Waals surface area contributed by atoms with Gasteiger partial charge in [-0.05, 0) is 17.5 Å². The smallest absolute Gasteiger partial charge is 0.256 e. The molecule has 0 bridgehead atoms. The second kappa shape index (κ2) is 19.3. The van der Waals surface area contributed by atoms with Gasteiger partial charge < -0.3 is 9.80 Å². The Morgan fingerprint density at radius 2 is 0.976 bits per heavy atom. The van der Waals surface area contributed by atoms with Crippen LogP contribution in [0.5, 0.6) is 0 Å². The van der Waals surface area contributed by atoms with Gasteiger partial charge in [-0.25, -0.2) is 0 Å². The molecule has 0 radical (unpaired) electrons. The molecule has 226 valence electrons. The van der Waals surface area contributed by atoms with Crippen molar-refractivity contribution in [2.45, 2.75) is 128 Å². The summed E-state index contributed by atoms with van der Waals surface area (Å²) in [5.41, 5.74) is 1.37. The molecular weight excluding hydrogens is 506 g/mol. The van der Waals surface area contributed by atoms with Crippen molar-refractivity contribution in [2.24, 2.45) is 0 Å². The van der Waals surface area contributed by atoms with Crippen LogP contribution in [0.3, 0.4) is 0 Å². The van der Waals surface area contributed by atoms with Crippen LogP contribution in [0.4, 0.5) is 0 Å². The first-order chi connectivity index (χ1) is 20.1. The number of hydrogen-bond donors (Lipinski definition) is 0. The fourth-order valence-corrected chi connectivity index (χ4v) is 6.14. The summed E-state index contributed by atoms with van der Waals surface area (Å²) < 4.78 is 0. The molecule has 41 heavy (non-hydrogen) atoms. The SMILES string of the molecule is CCCCCCCCCCCCCCCCCC1([N+](=O)[O-])CN(Cc2ccccc2)C=CN(Cc2ccccc2)C1. The predicted octanol–water partition coefficient (Wildman–Crippen LogP) is 9.75.